The highest BCUT2D eigenvalue weighted by Crippen LogP contribution is 2.23. The summed E-state index contributed by atoms with van der Waals surface area (Å²) in [7, 11) is 0. The van der Waals surface area contributed by atoms with Gasteiger partial charge >= 0.3 is 5.97 Å². The molecule has 7 heteroatoms. The molecule has 0 aliphatic heterocycles. The van der Waals surface area contributed by atoms with Crippen LogP contribution in [0.25, 0.3) is 0 Å². The second-order valence-electron chi connectivity index (χ2n) is 7.53. The molecule has 1 aromatic carbocycles. The molecule has 0 bridgehead atoms. The van der Waals surface area contributed by atoms with E-state index in [-0.39, 0.29) is 30.0 Å². The maximum atomic E-state index is 12.3. The van der Waals surface area contributed by atoms with Gasteiger partial charge in [-0.2, -0.15) is 0 Å². The molecule has 2 rings (SSSR count). The highest BCUT2D eigenvalue weighted by atomic mass is 16.5. The molecule has 1 aromatic heterocycles. The lowest BCUT2D eigenvalue weighted by atomic mass is 9.86. The number of nitrogens with zero attached hydrogens (tertiary/aromatic N) is 2. The number of amides is 1. The summed E-state index contributed by atoms with van der Waals surface area (Å²) < 4.78 is 4.77. The third kappa shape index (κ3) is 5.52. The third-order valence-electron chi connectivity index (χ3n) is 4.20. The number of aryl methyl sites for hydroxylation is 1. The van der Waals surface area contributed by atoms with Gasteiger partial charge in [0.15, 0.2) is 11.4 Å². The van der Waals surface area contributed by atoms with E-state index in [1.54, 1.807) is 13.8 Å². The summed E-state index contributed by atoms with van der Waals surface area (Å²) in [6, 6.07) is 8.14. The molecule has 0 unspecified atom stereocenters. The van der Waals surface area contributed by atoms with Gasteiger partial charge in [0, 0.05) is 6.42 Å². The molecule has 0 saturated carbocycles. The predicted molar refractivity (Wildman–Crippen MR) is 105 cm³/mol. The largest absolute Gasteiger partial charge is 0.504 e. The summed E-state index contributed by atoms with van der Waals surface area (Å²) in [6.45, 7) is 9.66. The van der Waals surface area contributed by atoms with Gasteiger partial charge < -0.3 is 15.2 Å². The normalized spacial score (nSPS) is 11.2. The van der Waals surface area contributed by atoms with E-state index >= 15 is 0 Å². The van der Waals surface area contributed by atoms with Crippen LogP contribution in [0.15, 0.2) is 24.3 Å². The van der Waals surface area contributed by atoms with E-state index < -0.39 is 11.9 Å². The van der Waals surface area contributed by atoms with Crippen molar-refractivity contribution >= 4 is 11.9 Å². The number of carbonyl (C=O) groups excluding carboxylic acids is 2. The molecule has 1 amide bonds. The van der Waals surface area contributed by atoms with Gasteiger partial charge in [0.2, 0.25) is 0 Å². The molecule has 28 heavy (non-hydrogen) atoms. The maximum Gasteiger partial charge on any atom is 0.325 e. The first-order valence-corrected chi connectivity index (χ1v) is 9.21. The minimum Gasteiger partial charge on any atom is -0.504 e. The molecule has 2 N–H and O–H groups in total. The SMILES string of the molecule is CCOC(=O)CNC(=O)c1nc(Cc2ccc(C(C)(C)C)cc2)nc(C)c1O. The summed E-state index contributed by atoms with van der Waals surface area (Å²) in [5, 5.41) is 12.6. The van der Waals surface area contributed by atoms with Crippen molar-refractivity contribution in [3.8, 4) is 5.75 Å². The summed E-state index contributed by atoms with van der Waals surface area (Å²) in [5.74, 6) is -1.09. The number of esters is 1. The highest BCUT2D eigenvalue weighted by Gasteiger charge is 2.19. The van der Waals surface area contributed by atoms with Crippen LogP contribution in [0.1, 0.15) is 60.8 Å². The third-order valence-corrected chi connectivity index (χ3v) is 4.20. The minimum absolute atomic E-state index is 0.0638. The van der Waals surface area contributed by atoms with Crippen LogP contribution >= 0.6 is 0 Å². The van der Waals surface area contributed by atoms with Crippen LogP contribution < -0.4 is 5.32 Å². The Morgan fingerprint density at radius 3 is 2.36 bits per heavy atom. The van der Waals surface area contributed by atoms with Crippen molar-refractivity contribution in [2.24, 2.45) is 0 Å². The lowest BCUT2D eigenvalue weighted by Crippen LogP contribution is -2.31. The van der Waals surface area contributed by atoms with Crippen molar-refractivity contribution in [2.45, 2.75) is 46.5 Å². The van der Waals surface area contributed by atoms with Gasteiger partial charge in [-0.05, 0) is 30.4 Å². The number of aromatic hydroxyl groups is 1. The van der Waals surface area contributed by atoms with Crippen molar-refractivity contribution < 1.29 is 19.4 Å². The fourth-order valence-corrected chi connectivity index (χ4v) is 2.62. The van der Waals surface area contributed by atoms with E-state index in [1.807, 2.05) is 12.1 Å². The van der Waals surface area contributed by atoms with E-state index in [9.17, 15) is 14.7 Å². The number of hydrogen-bond donors (Lipinski definition) is 2. The fourth-order valence-electron chi connectivity index (χ4n) is 2.62. The topological polar surface area (TPSA) is 101 Å². The Balaban J connectivity index is 2.18. The number of aromatic nitrogens is 2. The lowest BCUT2D eigenvalue weighted by molar-refractivity contribution is -0.141. The van der Waals surface area contributed by atoms with Crippen molar-refractivity contribution in [3.05, 3.63) is 52.6 Å². The van der Waals surface area contributed by atoms with Gasteiger partial charge in [-0.3, -0.25) is 9.59 Å². The molecular weight excluding hydrogens is 358 g/mol. The Labute approximate surface area is 165 Å². The van der Waals surface area contributed by atoms with E-state index in [0.717, 1.165) is 5.56 Å². The fraction of sp³-hybridized carbons (Fsp3) is 0.429. The average molecular weight is 385 g/mol. The summed E-state index contributed by atoms with van der Waals surface area (Å²) in [6.07, 6.45) is 0.420. The van der Waals surface area contributed by atoms with Crippen molar-refractivity contribution in [1.82, 2.24) is 15.3 Å². The molecule has 0 fully saturated rings. The van der Waals surface area contributed by atoms with E-state index in [0.29, 0.717) is 17.9 Å². The molecule has 0 aliphatic rings. The summed E-state index contributed by atoms with van der Waals surface area (Å²) in [5.41, 5.74) is 2.43. The van der Waals surface area contributed by atoms with Crippen molar-refractivity contribution in [3.63, 3.8) is 0 Å². The van der Waals surface area contributed by atoms with Crippen LogP contribution in [-0.2, 0) is 21.4 Å². The number of benzene rings is 1. The molecule has 0 spiro atoms. The summed E-state index contributed by atoms with van der Waals surface area (Å²) in [4.78, 5) is 32.2. The first-order valence-electron chi connectivity index (χ1n) is 9.21. The van der Waals surface area contributed by atoms with Crippen LogP contribution in [0.3, 0.4) is 0 Å². The quantitative estimate of drug-likeness (QED) is 0.742. The van der Waals surface area contributed by atoms with E-state index in [4.69, 9.17) is 4.74 Å². The zero-order chi connectivity index (χ0) is 20.9. The Morgan fingerprint density at radius 1 is 1.14 bits per heavy atom. The standard InChI is InChI=1S/C21H27N3O4/c1-6-28-17(25)12-22-20(27)18-19(26)13(2)23-16(24-18)11-14-7-9-15(10-8-14)21(3,4)5/h7-10,26H,6,11-12H2,1-5H3,(H,22,27). The Morgan fingerprint density at radius 2 is 1.79 bits per heavy atom. The maximum absolute atomic E-state index is 12.3. The number of hydrogen-bond acceptors (Lipinski definition) is 6. The Hall–Kier alpha value is -2.96. The Bertz CT molecular complexity index is 855. The van der Waals surface area contributed by atoms with Gasteiger partial charge in [-0.25, -0.2) is 9.97 Å². The number of ether oxygens (including phenoxy) is 1. The molecule has 7 nitrogen and oxygen atoms in total. The number of rotatable bonds is 6. The zero-order valence-corrected chi connectivity index (χ0v) is 17.0. The van der Waals surface area contributed by atoms with Crippen LogP contribution in [0.5, 0.6) is 5.75 Å². The molecule has 0 atom stereocenters. The molecule has 0 saturated heterocycles. The first-order chi connectivity index (χ1) is 13.1. The number of carbonyl (C=O) groups is 2. The van der Waals surface area contributed by atoms with E-state index in [1.165, 1.54) is 5.56 Å². The van der Waals surface area contributed by atoms with Crippen LogP contribution in [0.2, 0.25) is 0 Å². The van der Waals surface area contributed by atoms with Gasteiger partial charge in [0.25, 0.3) is 5.91 Å². The second-order valence-corrected chi connectivity index (χ2v) is 7.53. The lowest BCUT2D eigenvalue weighted by Gasteiger charge is -2.19. The molecule has 0 radical (unpaired) electrons. The van der Waals surface area contributed by atoms with Crippen LogP contribution in [0, 0.1) is 6.92 Å². The monoisotopic (exact) mass is 385 g/mol. The molecule has 0 aliphatic carbocycles. The summed E-state index contributed by atoms with van der Waals surface area (Å²) >= 11 is 0. The molecule has 150 valence electrons. The van der Waals surface area contributed by atoms with Crippen molar-refractivity contribution in [1.29, 1.82) is 0 Å². The molecular formula is C21H27N3O4. The molecule has 1 heterocycles. The van der Waals surface area contributed by atoms with Crippen LogP contribution in [0.4, 0.5) is 0 Å². The van der Waals surface area contributed by atoms with Gasteiger partial charge in [0.05, 0.1) is 12.3 Å². The predicted octanol–water partition coefficient (Wildman–Crippen LogP) is 2.67. The van der Waals surface area contributed by atoms with Gasteiger partial charge in [0.1, 0.15) is 12.4 Å². The van der Waals surface area contributed by atoms with Crippen LogP contribution in [-0.4, -0.2) is 40.1 Å². The average Bonchev–Trinajstić information content (AvgIpc) is 2.62. The van der Waals surface area contributed by atoms with E-state index in [2.05, 4.69) is 48.2 Å². The second kappa shape index (κ2) is 8.82. The zero-order valence-electron chi connectivity index (χ0n) is 17.0. The minimum atomic E-state index is -0.652. The smallest absolute Gasteiger partial charge is 0.325 e. The van der Waals surface area contributed by atoms with Gasteiger partial charge in [-0.15, -0.1) is 0 Å². The van der Waals surface area contributed by atoms with Crippen molar-refractivity contribution in [2.75, 3.05) is 13.2 Å². The van der Waals surface area contributed by atoms with Gasteiger partial charge in [-0.1, -0.05) is 45.0 Å². The highest BCUT2D eigenvalue weighted by molar-refractivity contribution is 5.96. The molecule has 2 aromatic rings. The Kier molecular flexibility index (Phi) is 6.72. The number of nitrogens with one attached hydrogen (secondary N) is 1. The first kappa shape index (κ1) is 21.3.